The zero-order valence-electron chi connectivity index (χ0n) is 6.32. The van der Waals surface area contributed by atoms with E-state index in [0.29, 0.717) is 6.42 Å². The van der Waals surface area contributed by atoms with Gasteiger partial charge in [-0.05, 0) is 13.0 Å². The fraction of sp³-hybridized carbons (Fsp3) is 0.250. The molecule has 0 aliphatic carbocycles. The second-order valence-electron chi connectivity index (χ2n) is 2.47. The van der Waals surface area contributed by atoms with Crippen molar-refractivity contribution < 1.29 is 14.7 Å². The molecule has 1 aromatic heterocycles. The van der Waals surface area contributed by atoms with Crippen molar-refractivity contribution in [1.29, 1.82) is 0 Å². The van der Waals surface area contributed by atoms with Gasteiger partial charge in [0.25, 0.3) is 0 Å². The minimum atomic E-state index is 0.0937. The van der Waals surface area contributed by atoms with Crippen molar-refractivity contribution in [2.45, 2.75) is 13.3 Å². The summed E-state index contributed by atoms with van der Waals surface area (Å²) in [6.07, 6.45) is 3.40. The molecule has 0 bridgehead atoms. The molecule has 1 rings (SSSR count). The lowest BCUT2D eigenvalue weighted by molar-refractivity contribution is -0.905. The van der Waals surface area contributed by atoms with Crippen LogP contribution in [0.4, 0.5) is 0 Å². The van der Waals surface area contributed by atoms with Crippen molar-refractivity contribution >= 4 is 5.78 Å². The molecule has 0 aliphatic heterocycles. The van der Waals surface area contributed by atoms with E-state index in [1.165, 1.54) is 19.3 Å². The fourth-order valence-electron chi connectivity index (χ4n) is 0.903. The lowest BCUT2D eigenvalue weighted by atomic mass is 10.2. The fourth-order valence-corrected chi connectivity index (χ4v) is 0.903. The number of carbonyl (C=O) groups excluding carboxylic acids is 1. The molecule has 1 N–H and O–H groups in total. The van der Waals surface area contributed by atoms with Gasteiger partial charge < -0.3 is 0 Å². The first kappa shape index (κ1) is 7.72. The van der Waals surface area contributed by atoms with E-state index in [4.69, 9.17) is 5.21 Å². The van der Waals surface area contributed by atoms with Crippen molar-refractivity contribution in [1.82, 2.24) is 0 Å². The summed E-state index contributed by atoms with van der Waals surface area (Å²) in [7, 11) is 0. The van der Waals surface area contributed by atoms with Crippen molar-refractivity contribution in [3.05, 3.63) is 30.1 Å². The Kier molecular flexibility index (Phi) is 2.21. The second-order valence-corrected chi connectivity index (χ2v) is 2.47. The summed E-state index contributed by atoms with van der Waals surface area (Å²) in [5, 5.41) is 8.93. The Bertz CT molecular complexity index is 271. The average Bonchev–Trinajstić information content (AvgIpc) is 1.85. The molecule has 0 saturated heterocycles. The first-order valence-corrected chi connectivity index (χ1v) is 3.37. The Labute approximate surface area is 64.9 Å². The van der Waals surface area contributed by atoms with Crippen LogP contribution in [-0.2, 0) is 11.2 Å². The standard InChI is InChI=1S/C8H10NO2/c1-7(10)5-8-3-2-4-9(11)6-8/h2-4,6,11H,5H2,1H3/q+1. The van der Waals surface area contributed by atoms with E-state index < -0.39 is 0 Å². The normalized spacial score (nSPS) is 9.55. The molecule has 11 heavy (non-hydrogen) atoms. The third-order valence-electron chi connectivity index (χ3n) is 1.30. The number of nitrogens with zero attached hydrogens (tertiary/aromatic N) is 1. The number of carbonyl (C=O) groups is 1. The maximum Gasteiger partial charge on any atom is 0.225 e. The molecule has 0 amide bonds. The van der Waals surface area contributed by atoms with Gasteiger partial charge in [0.2, 0.25) is 12.4 Å². The summed E-state index contributed by atoms with van der Waals surface area (Å²) >= 11 is 0. The molecule has 0 spiro atoms. The van der Waals surface area contributed by atoms with Crippen LogP contribution in [0.5, 0.6) is 0 Å². The molecule has 58 valence electrons. The zero-order chi connectivity index (χ0) is 8.27. The van der Waals surface area contributed by atoms with Crippen LogP contribution in [0.3, 0.4) is 0 Å². The maximum atomic E-state index is 10.6. The van der Waals surface area contributed by atoms with Gasteiger partial charge in [0, 0.05) is 22.8 Å². The molecule has 3 heteroatoms. The Morgan fingerprint density at radius 2 is 2.45 bits per heavy atom. The third-order valence-corrected chi connectivity index (χ3v) is 1.30. The number of rotatable bonds is 2. The molecular weight excluding hydrogens is 142 g/mol. The van der Waals surface area contributed by atoms with E-state index in [1.54, 1.807) is 12.1 Å². The highest BCUT2D eigenvalue weighted by molar-refractivity contribution is 5.77. The molecule has 1 aromatic rings. The largest absolute Gasteiger partial charge is 0.300 e. The van der Waals surface area contributed by atoms with Gasteiger partial charge in [0.15, 0.2) is 0 Å². The van der Waals surface area contributed by atoms with Gasteiger partial charge >= 0.3 is 0 Å². The molecular formula is C8H10NO2+. The molecule has 0 aliphatic rings. The average molecular weight is 152 g/mol. The third kappa shape index (κ3) is 2.37. The quantitative estimate of drug-likeness (QED) is 0.490. The van der Waals surface area contributed by atoms with Gasteiger partial charge in [-0.25, -0.2) is 0 Å². The summed E-state index contributed by atoms with van der Waals surface area (Å²) in [4.78, 5) is 10.6. The predicted octanol–water partition coefficient (Wildman–Crippen LogP) is 0.343. The van der Waals surface area contributed by atoms with Gasteiger partial charge in [-0.2, -0.15) is 0 Å². The van der Waals surface area contributed by atoms with E-state index >= 15 is 0 Å². The number of hydrogen-bond donors (Lipinski definition) is 1. The summed E-state index contributed by atoms with van der Waals surface area (Å²) in [6.45, 7) is 1.52. The number of ketones is 1. The van der Waals surface area contributed by atoms with E-state index in [1.807, 2.05) is 0 Å². The monoisotopic (exact) mass is 152 g/mol. The summed E-state index contributed by atoms with van der Waals surface area (Å²) < 4.78 is 0.943. The van der Waals surface area contributed by atoms with E-state index in [0.717, 1.165) is 10.3 Å². The second kappa shape index (κ2) is 3.14. The van der Waals surface area contributed by atoms with Crippen molar-refractivity contribution in [2.24, 2.45) is 0 Å². The van der Waals surface area contributed by atoms with Crippen LogP contribution in [0.25, 0.3) is 0 Å². The maximum absolute atomic E-state index is 10.6. The van der Waals surface area contributed by atoms with E-state index in [9.17, 15) is 4.79 Å². The number of aromatic nitrogens is 1. The van der Waals surface area contributed by atoms with E-state index in [2.05, 4.69) is 0 Å². The van der Waals surface area contributed by atoms with E-state index in [-0.39, 0.29) is 5.78 Å². The lowest BCUT2D eigenvalue weighted by Gasteiger charge is -1.91. The minimum Gasteiger partial charge on any atom is -0.300 e. The lowest BCUT2D eigenvalue weighted by Crippen LogP contribution is -2.29. The first-order valence-electron chi connectivity index (χ1n) is 3.37. The van der Waals surface area contributed by atoms with Crippen LogP contribution in [-0.4, -0.2) is 11.0 Å². The smallest absolute Gasteiger partial charge is 0.225 e. The van der Waals surface area contributed by atoms with Gasteiger partial charge in [0.1, 0.15) is 5.78 Å². The highest BCUT2D eigenvalue weighted by Gasteiger charge is 2.02. The summed E-state index contributed by atoms with van der Waals surface area (Å²) in [6, 6.07) is 3.49. The Morgan fingerprint density at radius 3 is 3.00 bits per heavy atom. The summed E-state index contributed by atoms with van der Waals surface area (Å²) in [5.41, 5.74) is 0.822. The first-order chi connectivity index (χ1) is 5.18. The highest BCUT2D eigenvalue weighted by Crippen LogP contribution is 1.95. The molecule has 0 fully saturated rings. The Hall–Kier alpha value is -1.38. The Morgan fingerprint density at radius 1 is 1.73 bits per heavy atom. The van der Waals surface area contributed by atoms with Crippen LogP contribution < -0.4 is 4.73 Å². The van der Waals surface area contributed by atoms with Crippen LogP contribution in [0, 0.1) is 0 Å². The zero-order valence-corrected chi connectivity index (χ0v) is 6.32. The van der Waals surface area contributed by atoms with Crippen LogP contribution in [0.2, 0.25) is 0 Å². The number of hydrogen-bond acceptors (Lipinski definition) is 2. The molecule has 3 nitrogen and oxygen atoms in total. The van der Waals surface area contributed by atoms with Crippen molar-refractivity contribution in [3.63, 3.8) is 0 Å². The summed E-state index contributed by atoms with van der Waals surface area (Å²) in [5.74, 6) is 0.0937. The van der Waals surface area contributed by atoms with Crippen LogP contribution in [0.15, 0.2) is 24.5 Å². The van der Waals surface area contributed by atoms with Gasteiger partial charge in [0.05, 0.1) is 0 Å². The molecule has 0 aromatic carbocycles. The molecule has 0 atom stereocenters. The van der Waals surface area contributed by atoms with Crippen molar-refractivity contribution in [3.8, 4) is 0 Å². The Balaban J connectivity index is 2.79. The molecule has 0 saturated carbocycles. The topological polar surface area (TPSA) is 41.2 Å². The van der Waals surface area contributed by atoms with Crippen molar-refractivity contribution in [2.75, 3.05) is 0 Å². The number of pyridine rings is 1. The van der Waals surface area contributed by atoms with Gasteiger partial charge in [-0.3, -0.25) is 10.0 Å². The molecule has 0 unspecified atom stereocenters. The minimum absolute atomic E-state index is 0.0937. The number of Topliss-reactive ketones (excluding diaryl/α,β-unsaturated/α-hetero) is 1. The van der Waals surface area contributed by atoms with Crippen LogP contribution in [0.1, 0.15) is 12.5 Å². The van der Waals surface area contributed by atoms with Gasteiger partial charge in [-0.1, -0.05) is 0 Å². The highest BCUT2D eigenvalue weighted by atomic mass is 16.5. The molecule has 0 radical (unpaired) electrons. The van der Waals surface area contributed by atoms with Crippen LogP contribution >= 0.6 is 0 Å². The molecule has 1 heterocycles. The van der Waals surface area contributed by atoms with Gasteiger partial charge in [-0.15, -0.1) is 0 Å². The predicted molar refractivity (Wildman–Crippen MR) is 38.2 cm³/mol. The SMILES string of the molecule is CC(=O)Cc1ccc[n+](O)c1.